The number of carbonyl (C=O) groups is 1. The molecule has 1 aromatic heterocycles. The van der Waals surface area contributed by atoms with Gasteiger partial charge in [0.1, 0.15) is 5.82 Å². The van der Waals surface area contributed by atoms with E-state index in [2.05, 4.69) is 38.6 Å². The summed E-state index contributed by atoms with van der Waals surface area (Å²) >= 11 is 0. The summed E-state index contributed by atoms with van der Waals surface area (Å²) in [6.45, 7) is 5.60. The van der Waals surface area contributed by atoms with E-state index in [-0.39, 0.29) is 41.8 Å². The van der Waals surface area contributed by atoms with E-state index >= 15 is 0 Å². The fraction of sp³-hybridized carbons (Fsp3) is 0.333. The zero-order valence-electron chi connectivity index (χ0n) is 21.0. The Labute approximate surface area is 245 Å². The van der Waals surface area contributed by atoms with Gasteiger partial charge < -0.3 is 19.5 Å². The van der Waals surface area contributed by atoms with E-state index in [1.165, 1.54) is 17.7 Å². The van der Waals surface area contributed by atoms with E-state index in [0.29, 0.717) is 6.54 Å². The van der Waals surface area contributed by atoms with Gasteiger partial charge in [0.2, 0.25) is 5.95 Å². The van der Waals surface area contributed by atoms with E-state index in [1.807, 2.05) is 36.4 Å². The van der Waals surface area contributed by atoms with Crippen LogP contribution in [-0.4, -0.2) is 87.8 Å². The zero-order chi connectivity index (χ0) is 25.6. The zero-order valence-corrected chi connectivity index (χ0v) is 21.0. The molecule has 0 unspecified atom stereocenters. The summed E-state index contributed by atoms with van der Waals surface area (Å²) in [5.41, 5.74) is 5.22. The van der Waals surface area contributed by atoms with Crippen molar-refractivity contribution in [3.63, 3.8) is 0 Å². The van der Waals surface area contributed by atoms with Crippen LogP contribution in [0.5, 0.6) is 0 Å². The van der Waals surface area contributed by atoms with Gasteiger partial charge in [-0.15, -0.1) is 0 Å². The molecule has 4 aromatic rings. The van der Waals surface area contributed by atoms with Gasteiger partial charge in [0, 0.05) is 19.6 Å². The first-order valence-corrected chi connectivity index (χ1v) is 13.0. The van der Waals surface area contributed by atoms with Crippen LogP contribution in [0, 0.1) is 5.82 Å². The average Bonchev–Trinajstić information content (AvgIpc) is 3.23. The number of anilines is 1. The second-order valence-corrected chi connectivity index (χ2v) is 9.79. The average molecular weight is 525 g/mol. The van der Waals surface area contributed by atoms with Gasteiger partial charge in [-0.2, -0.15) is 0 Å². The molecule has 38 heavy (non-hydrogen) atoms. The number of aliphatic carboxylic acids is 1. The molecule has 0 aliphatic carbocycles. The molecule has 1 fully saturated rings. The minimum atomic E-state index is -0.798. The Morgan fingerprint density at radius 1 is 0.842 bits per heavy atom. The summed E-state index contributed by atoms with van der Waals surface area (Å²) in [6, 6.07) is 22.9. The Hall–Kier alpha value is -2.71. The fourth-order valence-corrected chi connectivity index (χ4v) is 5.14. The summed E-state index contributed by atoms with van der Waals surface area (Å²) in [6.07, 6.45) is 3.14. The maximum atomic E-state index is 13.5. The number of hydrogen-bond acceptors (Lipinski definition) is 4. The third-order valence-electron chi connectivity index (χ3n) is 7.07. The molecule has 1 aliphatic heterocycles. The van der Waals surface area contributed by atoms with Crippen molar-refractivity contribution in [2.45, 2.75) is 32.2 Å². The van der Waals surface area contributed by atoms with Crippen LogP contribution < -0.4 is 4.90 Å². The molecule has 1 N–H and O–H groups in total. The van der Waals surface area contributed by atoms with Crippen molar-refractivity contribution < 1.29 is 14.3 Å². The Bertz CT molecular complexity index is 1330. The number of imidazole rings is 1. The predicted molar refractivity (Wildman–Crippen MR) is 152 cm³/mol. The van der Waals surface area contributed by atoms with Crippen molar-refractivity contribution in [2.75, 3.05) is 37.6 Å². The predicted octanol–water partition coefficient (Wildman–Crippen LogP) is 4.35. The third-order valence-corrected chi connectivity index (χ3v) is 7.07. The number of aromatic nitrogens is 2. The first kappa shape index (κ1) is 28.3. The fourth-order valence-electron chi connectivity index (χ4n) is 5.14. The van der Waals surface area contributed by atoms with E-state index in [1.54, 1.807) is 0 Å². The molecule has 0 saturated carbocycles. The molecule has 0 radical (unpaired) electrons. The Morgan fingerprint density at radius 3 is 2.16 bits per heavy atom. The van der Waals surface area contributed by atoms with Crippen LogP contribution in [0.4, 0.5) is 10.3 Å². The topological polar surface area (TPSA) is 61.6 Å². The first-order chi connectivity index (χ1) is 18.0. The molecule has 0 spiro atoms. The number of rotatable bonds is 8. The van der Waals surface area contributed by atoms with Crippen molar-refractivity contribution in [3.8, 4) is 0 Å². The standard InChI is InChI=1S/C30H33FN4O2.Na.H/c31-26-13-11-25(12-14-26)22-35-28-6-2-1-5-27(28)32-30(35)34-18-3-16-33(17-4-19-34)20-15-23-7-9-24(10-8-23)21-29(36)37;;/h1-2,5-14H,3-4,15-22H2,(H,36,37);;. The molecule has 8 heteroatoms. The van der Waals surface area contributed by atoms with Gasteiger partial charge in [0.25, 0.3) is 0 Å². The van der Waals surface area contributed by atoms with Crippen LogP contribution in [0.2, 0.25) is 0 Å². The van der Waals surface area contributed by atoms with Crippen LogP contribution in [0.3, 0.4) is 0 Å². The SMILES string of the molecule is O=C(O)Cc1ccc(CCN2CCCN(c3nc4ccccc4n3Cc3ccc(F)cc3)CCC2)cc1.[NaH]. The summed E-state index contributed by atoms with van der Waals surface area (Å²) < 4.78 is 15.7. The van der Waals surface area contributed by atoms with Crippen molar-refractivity contribution >= 4 is 52.5 Å². The molecule has 2 heterocycles. The molecule has 1 saturated heterocycles. The monoisotopic (exact) mass is 524 g/mol. The van der Waals surface area contributed by atoms with Gasteiger partial charge in [-0.1, -0.05) is 48.5 Å². The van der Waals surface area contributed by atoms with E-state index in [0.717, 1.165) is 80.1 Å². The van der Waals surface area contributed by atoms with Crippen LogP contribution in [0.15, 0.2) is 72.8 Å². The van der Waals surface area contributed by atoms with E-state index in [9.17, 15) is 9.18 Å². The van der Waals surface area contributed by atoms with Gasteiger partial charge in [-0.3, -0.25) is 4.79 Å². The molecular formula is C30H34FN4NaO2. The molecule has 0 atom stereocenters. The Balaban J connectivity index is 0.00000336. The van der Waals surface area contributed by atoms with Crippen molar-refractivity contribution in [1.82, 2.24) is 14.5 Å². The number of benzene rings is 3. The number of hydrogen-bond donors (Lipinski definition) is 1. The van der Waals surface area contributed by atoms with Gasteiger partial charge in [-0.05, 0) is 73.3 Å². The number of fused-ring (bicyclic) bond motifs is 1. The quantitative estimate of drug-likeness (QED) is 0.348. The Morgan fingerprint density at radius 2 is 1.47 bits per heavy atom. The van der Waals surface area contributed by atoms with Crippen LogP contribution >= 0.6 is 0 Å². The number of nitrogens with zero attached hydrogens (tertiary/aromatic N) is 4. The molecule has 0 amide bonds. The van der Waals surface area contributed by atoms with Crippen LogP contribution in [-0.2, 0) is 24.2 Å². The number of carboxylic acids is 1. The number of para-hydroxylation sites is 2. The first-order valence-electron chi connectivity index (χ1n) is 13.0. The summed E-state index contributed by atoms with van der Waals surface area (Å²) in [5.74, 6) is -0.0307. The molecule has 6 nitrogen and oxygen atoms in total. The summed E-state index contributed by atoms with van der Waals surface area (Å²) in [5, 5.41) is 8.95. The molecule has 194 valence electrons. The van der Waals surface area contributed by atoms with Crippen molar-refractivity contribution in [2.24, 2.45) is 0 Å². The second kappa shape index (κ2) is 13.4. The van der Waals surface area contributed by atoms with Gasteiger partial charge >= 0.3 is 35.5 Å². The summed E-state index contributed by atoms with van der Waals surface area (Å²) in [4.78, 5) is 20.8. The van der Waals surface area contributed by atoms with E-state index in [4.69, 9.17) is 10.1 Å². The normalized spacial score (nSPS) is 14.6. The maximum absolute atomic E-state index is 13.5. The van der Waals surface area contributed by atoms with Crippen LogP contribution in [0.1, 0.15) is 29.5 Å². The molecule has 3 aromatic carbocycles. The molecular weight excluding hydrogens is 490 g/mol. The number of carboxylic acid groups (broad SMARTS) is 1. The van der Waals surface area contributed by atoms with Crippen molar-refractivity contribution in [3.05, 3.63) is 95.3 Å². The minimum absolute atomic E-state index is 0. The van der Waals surface area contributed by atoms with Gasteiger partial charge in [0.15, 0.2) is 0 Å². The Kier molecular flexibility index (Phi) is 9.97. The second-order valence-electron chi connectivity index (χ2n) is 9.79. The molecule has 5 rings (SSSR count). The van der Waals surface area contributed by atoms with Crippen molar-refractivity contribution in [1.29, 1.82) is 0 Å². The third kappa shape index (κ3) is 7.23. The van der Waals surface area contributed by atoms with E-state index < -0.39 is 5.97 Å². The van der Waals surface area contributed by atoms with Gasteiger partial charge in [-0.25, -0.2) is 9.37 Å². The molecule has 0 bridgehead atoms. The number of halogens is 1. The molecule has 1 aliphatic rings. The van der Waals surface area contributed by atoms with Crippen LogP contribution in [0.25, 0.3) is 11.0 Å². The summed E-state index contributed by atoms with van der Waals surface area (Å²) in [7, 11) is 0. The van der Waals surface area contributed by atoms with Gasteiger partial charge in [0.05, 0.1) is 24.0 Å².